The summed E-state index contributed by atoms with van der Waals surface area (Å²) in [7, 11) is 0. The molecule has 1 aliphatic rings. The van der Waals surface area contributed by atoms with Crippen molar-refractivity contribution < 1.29 is 4.79 Å². The Morgan fingerprint density at radius 1 is 1.68 bits per heavy atom. The van der Waals surface area contributed by atoms with E-state index in [-0.39, 0.29) is 11.4 Å². The van der Waals surface area contributed by atoms with Crippen molar-refractivity contribution in [2.24, 2.45) is 5.92 Å². The van der Waals surface area contributed by atoms with E-state index in [9.17, 15) is 4.79 Å². The number of rotatable bonds is 6. The van der Waals surface area contributed by atoms with Gasteiger partial charge in [0.15, 0.2) is 0 Å². The number of carbonyl (C=O) groups is 1. The zero-order chi connectivity index (χ0) is 13.7. The maximum atomic E-state index is 12.1. The molecule has 19 heavy (non-hydrogen) atoms. The first-order valence-electron chi connectivity index (χ1n) is 7.06. The summed E-state index contributed by atoms with van der Waals surface area (Å²) in [6.07, 6.45) is 5.45. The number of aromatic nitrogens is 1. The number of hydrogen-bond acceptors (Lipinski definition) is 4. The van der Waals surface area contributed by atoms with Gasteiger partial charge in [-0.3, -0.25) is 4.79 Å². The molecule has 0 saturated carbocycles. The van der Waals surface area contributed by atoms with Gasteiger partial charge in [0.2, 0.25) is 5.91 Å². The normalized spacial score (nSPS) is 22.1. The van der Waals surface area contributed by atoms with Crippen molar-refractivity contribution in [2.75, 3.05) is 13.1 Å². The SMILES string of the molecule is CCC(C)(NC(=O)CCC1CCNC1)c1nccs1. The molecular formula is C14H23N3OS. The van der Waals surface area contributed by atoms with E-state index in [0.717, 1.165) is 30.9 Å². The molecule has 0 spiro atoms. The molecule has 1 amide bonds. The van der Waals surface area contributed by atoms with Gasteiger partial charge in [-0.05, 0) is 45.2 Å². The Morgan fingerprint density at radius 2 is 2.53 bits per heavy atom. The molecule has 2 unspecified atom stereocenters. The molecule has 5 heteroatoms. The van der Waals surface area contributed by atoms with E-state index >= 15 is 0 Å². The minimum absolute atomic E-state index is 0.145. The predicted molar refractivity (Wildman–Crippen MR) is 78.1 cm³/mol. The topological polar surface area (TPSA) is 54.0 Å². The number of nitrogens with one attached hydrogen (secondary N) is 2. The van der Waals surface area contributed by atoms with Gasteiger partial charge in [0.05, 0.1) is 5.54 Å². The van der Waals surface area contributed by atoms with Gasteiger partial charge in [-0.1, -0.05) is 6.92 Å². The highest BCUT2D eigenvalue weighted by molar-refractivity contribution is 7.09. The fourth-order valence-corrected chi connectivity index (χ4v) is 3.28. The largest absolute Gasteiger partial charge is 0.344 e. The summed E-state index contributed by atoms with van der Waals surface area (Å²) in [5.41, 5.74) is -0.320. The first-order valence-corrected chi connectivity index (χ1v) is 7.93. The van der Waals surface area contributed by atoms with Gasteiger partial charge in [0.1, 0.15) is 5.01 Å². The van der Waals surface area contributed by atoms with Crippen molar-refractivity contribution in [2.45, 2.75) is 45.1 Å². The number of hydrogen-bond donors (Lipinski definition) is 2. The average molecular weight is 281 g/mol. The van der Waals surface area contributed by atoms with Gasteiger partial charge in [-0.25, -0.2) is 4.98 Å². The maximum absolute atomic E-state index is 12.1. The van der Waals surface area contributed by atoms with E-state index in [2.05, 4.69) is 29.5 Å². The van der Waals surface area contributed by atoms with Gasteiger partial charge >= 0.3 is 0 Å². The summed E-state index contributed by atoms with van der Waals surface area (Å²) in [4.78, 5) is 16.5. The second-order valence-corrected chi connectivity index (χ2v) is 6.36. The highest BCUT2D eigenvalue weighted by Gasteiger charge is 2.29. The fourth-order valence-electron chi connectivity index (χ4n) is 2.46. The Morgan fingerprint density at radius 3 is 3.11 bits per heavy atom. The molecule has 1 aliphatic heterocycles. The third-order valence-corrected chi connectivity index (χ3v) is 5.01. The van der Waals surface area contributed by atoms with E-state index in [1.54, 1.807) is 17.5 Å². The molecule has 1 saturated heterocycles. The standard InChI is InChI=1S/C14H23N3OS/c1-3-14(2,13-16-8-9-19-13)17-12(18)5-4-11-6-7-15-10-11/h8-9,11,15H,3-7,10H2,1-2H3,(H,17,18). The van der Waals surface area contributed by atoms with Crippen LogP contribution in [0.1, 0.15) is 44.5 Å². The molecular weight excluding hydrogens is 258 g/mol. The molecule has 0 radical (unpaired) electrons. The van der Waals surface area contributed by atoms with Crippen molar-refractivity contribution in [1.82, 2.24) is 15.6 Å². The van der Waals surface area contributed by atoms with Gasteiger partial charge in [-0.2, -0.15) is 0 Å². The summed E-state index contributed by atoms with van der Waals surface area (Å²) in [5.74, 6) is 0.810. The molecule has 0 aromatic carbocycles. The van der Waals surface area contributed by atoms with E-state index in [4.69, 9.17) is 0 Å². The van der Waals surface area contributed by atoms with E-state index < -0.39 is 0 Å². The second kappa shape index (κ2) is 6.48. The van der Waals surface area contributed by atoms with Crippen molar-refractivity contribution in [3.8, 4) is 0 Å². The smallest absolute Gasteiger partial charge is 0.220 e. The van der Waals surface area contributed by atoms with E-state index in [1.807, 2.05) is 5.38 Å². The first-order chi connectivity index (χ1) is 9.14. The second-order valence-electron chi connectivity index (χ2n) is 5.47. The fraction of sp³-hybridized carbons (Fsp3) is 0.714. The van der Waals surface area contributed by atoms with Crippen molar-refractivity contribution in [1.29, 1.82) is 0 Å². The van der Waals surface area contributed by atoms with Crippen LogP contribution in [0.3, 0.4) is 0 Å². The Hall–Kier alpha value is -0.940. The van der Waals surface area contributed by atoms with Gasteiger partial charge in [-0.15, -0.1) is 11.3 Å². The molecule has 4 nitrogen and oxygen atoms in total. The lowest BCUT2D eigenvalue weighted by Gasteiger charge is -2.27. The van der Waals surface area contributed by atoms with Crippen LogP contribution in [0.5, 0.6) is 0 Å². The van der Waals surface area contributed by atoms with Crippen molar-refractivity contribution >= 4 is 17.2 Å². The van der Waals surface area contributed by atoms with Crippen LogP contribution in [-0.2, 0) is 10.3 Å². The third kappa shape index (κ3) is 3.76. The van der Waals surface area contributed by atoms with Gasteiger partial charge in [0.25, 0.3) is 0 Å². The minimum atomic E-state index is -0.320. The molecule has 2 rings (SSSR count). The Labute approximate surface area is 119 Å². The lowest BCUT2D eigenvalue weighted by molar-refractivity contribution is -0.123. The van der Waals surface area contributed by atoms with Crippen LogP contribution < -0.4 is 10.6 Å². The number of amides is 1. The molecule has 106 valence electrons. The highest BCUT2D eigenvalue weighted by Crippen LogP contribution is 2.26. The molecule has 2 heterocycles. The van der Waals surface area contributed by atoms with Crippen molar-refractivity contribution in [3.05, 3.63) is 16.6 Å². The van der Waals surface area contributed by atoms with E-state index in [0.29, 0.717) is 12.3 Å². The number of thiazole rings is 1. The molecule has 2 atom stereocenters. The average Bonchev–Trinajstić information content (AvgIpc) is 3.09. The monoisotopic (exact) mass is 281 g/mol. The zero-order valence-corrected chi connectivity index (χ0v) is 12.6. The molecule has 1 fully saturated rings. The predicted octanol–water partition coefficient (Wildman–Crippen LogP) is 2.27. The Kier molecular flexibility index (Phi) is 4.93. The number of nitrogens with zero attached hydrogens (tertiary/aromatic N) is 1. The summed E-state index contributed by atoms with van der Waals surface area (Å²) in [6.45, 7) is 6.30. The Balaban J connectivity index is 1.85. The van der Waals surface area contributed by atoms with Gasteiger partial charge in [0, 0.05) is 18.0 Å². The molecule has 1 aromatic heterocycles. The first kappa shape index (κ1) is 14.5. The Bertz CT molecular complexity index is 401. The molecule has 1 aromatic rings. The lowest BCUT2D eigenvalue weighted by Crippen LogP contribution is -2.43. The summed E-state index contributed by atoms with van der Waals surface area (Å²) in [5, 5.41) is 9.45. The molecule has 0 aliphatic carbocycles. The van der Waals surface area contributed by atoms with Gasteiger partial charge < -0.3 is 10.6 Å². The van der Waals surface area contributed by atoms with Crippen molar-refractivity contribution in [3.63, 3.8) is 0 Å². The zero-order valence-electron chi connectivity index (χ0n) is 11.7. The summed E-state index contributed by atoms with van der Waals surface area (Å²) in [6, 6.07) is 0. The van der Waals surface area contributed by atoms with Crippen LogP contribution in [0.4, 0.5) is 0 Å². The quantitative estimate of drug-likeness (QED) is 0.841. The third-order valence-electron chi connectivity index (χ3n) is 3.97. The summed E-state index contributed by atoms with van der Waals surface area (Å²) >= 11 is 1.60. The highest BCUT2D eigenvalue weighted by atomic mass is 32.1. The minimum Gasteiger partial charge on any atom is -0.344 e. The molecule has 0 bridgehead atoms. The number of carbonyl (C=O) groups excluding carboxylic acids is 1. The van der Waals surface area contributed by atoms with Crippen LogP contribution >= 0.6 is 11.3 Å². The van der Waals surface area contributed by atoms with Crippen LogP contribution in [0, 0.1) is 5.92 Å². The molecule has 2 N–H and O–H groups in total. The van der Waals surface area contributed by atoms with Crippen LogP contribution in [-0.4, -0.2) is 24.0 Å². The van der Waals surface area contributed by atoms with Crippen LogP contribution in [0.15, 0.2) is 11.6 Å². The van der Waals surface area contributed by atoms with Crippen LogP contribution in [0.25, 0.3) is 0 Å². The lowest BCUT2D eigenvalue weighted by atomic mass is 9.98. The van der Waals surface area contributed by atoms with E-state index in [1.165, 1.54) is 6.42 Å². The maximum Gasteiger partial charge on any atom is 0.220 e. The summed E-state index contributed by atoms with van der Waals surface area (Å²) < 4.78 is 0. The van der Waals surface area contributed by atoms with Crippen LogP contribution in [0.2, 0.25) is 0 Å².